The second kappa shape index (κ2) is 7.13. The van der Waals surface area contributed by atoms with Gasteiger partial charge in [0.1, 0.15) is 5.01 Å². The smallest absolute Gasteiger partial charge is 0.224 e. The lowest BCUT2D eigenvalue weighted by atomic mass is 10.2. The number of aromatic nitrogens is 2. The molecule has 0 aliphatic heterocycles. The summed E-state index contributed by atoms with van der Waals surface area (Å²) in [6.07, 6.45) is 2.87. The highest BCUT2D eigenvalue weighted by Crippen LogP contribution is 2.24. The first-order chi connectivity index (χ1) is 12.3. The zero-order valence-electron chi connectivity index (χ0n) is 13.3. The van der Waals surface area contributed by atoms with Crippen molar-refractivity contribution in [2.45, 2.75) is 12.8 Å². The summed E-state index contributed by atoms with van der Waals surface area (Å²) in [5.74, 6) is 0.00116. The van der Waals surface area contributed by atoms with Gasteiger partial charge in [-0.05, 0) is 36.4 Å². The Balaban J connectivity index is 1.35. The van der Waals surface area contributed by atoms with Gasteiger partial charge in [0.15, 0.2) is 0 Å². The molecule has 0 saturated carbocycles. The molecule has 1 amide bonds. The number of para-hydroxylation sites is 1. The summed E-state index contributed by atoms with van der Waals surface area (Å²) in [7, 11) is 0. The van der Waals surface area contributed by atoms with Gasteiger partial charge >= 0.3 is 0 Å². The number of nitrogens with zero attached hydrogens (tertiary/aromatic N) is 2. The summed E-state index contributed by atoms with van der Waals surface area (Å²) in [6, 6.07) is 15.8. The molecule has 0 unspecified atom stereocenters. The van der Waals surface area contributed by atoms with Crippen molar-refractivity contribution in [2.75, 3.05) is 5.32 Å². The van der Waals surface area contributed by atoms with Crippen LogP contribution in [-0.4, -0.2) is 15.9 Å². The van der Waals surface area contributed by atoms with Crippen molar-refractivity contribution < 1.29 is 4.79 Å². The van der Waals surface area contributed by atoms with Crippen LogP contribution in [0.3, 0.4) is 0 Å². The zero-order valence-corrected chi connectivity index (χ0v) is 14.9. The molecule has 2 aromatic carbocycles. The number of anilines is 1. The highest BCUT2D eigenvalue weighted by molar-refractivity contribution is 7.18. The van der Waals surface area contributed by atoms with Gasteiger partial charge in [0.05, 0.1) is 15.2 Å². The number of nitrogens with one attached hydrogen (secondary N) is 1. The predicted octanol–water partition coefficient (Wildman–Crippen LogP) is 4.99. The van der Waals surface area contributed by atoms with Crippen LogP contribution in [0.1, 0.15) is 11.4 Å². The number of benzene rings is 2. The number of carbonyl (C=O) groups is 1. The summed E-state index contributed by atoms with van der Waals surface area (Å²) < 4.78 is 1.16. The van der Waals surface area contributed by atoms with Gasteiger partial charge in [-0.3, -0.25) is 4.79 Å². The van der Waals surface area contributed by atoms with Crippen molar-refractivity contribution in [2.24, 2.45) is 0 Å². The third-order valence-electron chi connectivity index (χ3n) is 3.75. The first-order valence-electron chi connectivity index (χ1n) is 7.92. The maximum atomic E-state index is 12.2. The van der Waals surface area contributed by atoms with Crippen LogP contribution in [0.2, 0.25) is 0 Å². The number of thiazole rings is 2. The molecule has 0 spiro atoms. The SMILES string of the molecule is O=C(CCc1nc2ccccc2s1)Nc1ccc(-c2nccs2)cc1. The van der Waals surface area contributed by atoms with E-state index in [1.165, 1.54) is 0 Å². The van der Waals surface area contributed by atoms with E-state index < -0.39 is 0 Å². The molecule has 0 radical (unpaired) electrons. The maximum absolute atomic E-state index is 12.2. The Hall–Kier alpha value is -2.57. The second-order valence-corrected chi connectivity index (χ2v) is 7.55. The van der Waals surface area contributed by atoms with E-state index in [9.17, 15) is 4.79 Å². The molecule has 2 heterocycles. The largest absolute Gasteiger partial charge is 0.326 e. The average molecular weight is 365 g/mol. The first kappa shape index (κ1) is 15.9. The van der Waals surface area contributed by atoms with Gasteiger partial charge in [-0.25, -0.2) is 9.97 Å². The quantitative estimate of drug-likeness (QED) is 0.542. The molecular weight excluding hydrogens is 350 g/mol. The highest BCUT2D eigenvalue weighted by atomic mass is 32.1. The number of fused-ring (bicyclic) bond motifs is 1. The molecule has 0 fully saturated rings. The Kier molecular flexibility index (Phi) is 4.54. The van der Waals surface area contributed by atoms with E-state index in [1.807, 2.05) is 47.8 Å². The van der Waals surface area contributed by atoms with Gasteiger partial charge in [-0.2, -0.15) is 0 Å². The molecule has 4 rings (SSSR count). The maximum Gasteiger partial charge on any atom is 0.224 e. The number of hydrogen-bond acceptors (Lipinski definition) is 5. The van der Waals surface area contributed by atoms with Gasteiger partial charge in [0, 0.05) is 35.7 Å². The summed E-state index contributed by atoms with van der Waals surface area (Å²) >= 11 is 3.25. The summed E-state index contributed by atoms with van der Waals surface area (Å²) in [4.78, 5) is 21.0. The number of aryl methyl sites for hydroxylation is 1. The molecule has 0 aliphatic rings. The second-order valence-electron chi connectivity index (χ2n) is 5.54. The molecule has 25 heavy (non-hydrogen) atoms. The average Bonchev–Trinajstić information content (AvgIpc) is 3.30. The van der Waals surface area contributed by atoms with E-state index in [4.69, 9.17) is 0 Å². The summed E-state index contributed by atoms with van der Waals surface area (Å²) in [5.41, 5.74) is 2.86. The van der Waals surface area contributed by atoms with E-state index >= 15 is 0 Å². The highest BCUT2D eigenvalue weighted by Gasteiger charge is 2.08. The van der Waals surface area contributed by atoms with Crippen LogP contribution < -0.4 is 5.32 Å². The van der Waals surface area contributed by atoms with Gasteiger partial charge in [0.2, 0.25) is 5.91 Å². The van der Waals surface area contributed by atoms with Crippen molar-refractivity contribution in [3.63, 3.8) is 0 Å². The van der Waals surface area contributed by atoms with Crippen LogP contribution in [0.15, 0.2) is 60.1 Å². The predicted molar refractivity (Wildman–Crippen MR) is 104 cm³/mol. The topological polar surface area (TPSA) is 54.9 Å². The monoisotopic (exact) mass is 365 g/mol. The minimum Gasteiger partial charge on any atom is -0.326 e. The Labute approximate surface area is 153 Å². The molecule has 2 aromatic heterocycles. The number of rotatable bonds is 5. The number of carbonyl (C=O) groups excluding carboxylic acids is 1. The van der Waals surface area contributed by atoms with Crippen molar-refractivity contribution in [3.05, 3.63) is 65.1 Å². The van der Waals surface area contributed by atoms with Crippen molar-refractivity contribution >= 4 is 44.5 Å². The van der Waals surface area contributed by atoms with E-state index in [-0.39, 0.29) is 5.91 Å². The van der Waals surface area contributed by atoms with Crippen LogP contribution >= 0.6 is 22.7 Å². The lowest BCUT2D eigenvalue weighted by molar-refractivity contribution is -0.116. The molecule has 1 N–H and O–H groups in total. The van der Waals surface area contributed by atoms with E-state index in [0.29, 0.717) is 12.8 Å². The fourth-order valence-corrected chi connectivity index (χ4v) is 4.14. The third-order valence-corrected chi connectivity index (χ3v) is 5.67. The van der Waals surface area contributed by atoms with E-state index in [0.717, 1.165) is 31.5 Å². The van der Waals surface area contributed by atoms with E-state index in [2.05, 4.69) is 21.4 Å². The lowest BCUT2D eigenvalue weighted by Crippen LogP contribution is -2.12. The lowest BCUT2D eigenvalue weighted by Gasteiger charge is -2.05. The Morgan fingerprint density at radius 1 is 1.08 bits per heavy atom. The molecule has 4 nitrogen and oxygen atoms in total. The van der Waals surface area contributed by atoms with Crippen LogP contribution in [0.25, 0.3) is 20.8 Å². The van der Waals surface area contributed by atoms with Crippen molar-refractivity contribution in [1.29, 1.82) is 0 Å². The minimum absolute atomic E-state index is 0.00116. The molecular formula is C19H15N3OS2. The molecule has 124 valence electrons. The third kappa shape index (κ3) is 3.75. The molecule has 0 aliphatic carbocycles. The summed E-state index contributed by atoms with van der Waals surface area (Å²) in [5, 5.41) is 6.87. The van der Waals surface area contributed by atoms with Gasteiger partial charge in [-0.15, -0.1) is 22.7 Å². The van der Waals surface area contributed by atoms with Gasteiger partial charge < -0.3 is 5.32 Å². The van der Waals surface area contributed by atoms with E-state index in [1.54, 1.807) is 28.9 Å². The Bertz CT molecular complexity index is 958. The number of hydrogen-bond donors (Lipinski definition) is 1. The summed E-state index contributed by atoms with van der Waals surface area (Å²) in [6.45, 7) is 0. The van der Waals surface area contributed by atoms with Crippen LogP contribution in [-0.2, 0) is 11.2 Å². The van der Waals surface area contributed by atoms with Gasteiger partial charge in [-0.1, -0.05) is 12.1 Å². The van der Waals surface area contributed by atoms with Crippen LogP contribution in [0.5, 0.6) is 0 Å². The molecule has 0 atom stereocenters. The molecule has 6 heteroatoms. The van der Waals surface area contributed by atoms with Crippen LogP contribution in [0, 0.1) is 0 Å². The Morgan fingerprint density at radius 2 is 1.92 bits per heavy atom. The van der Waals surface area contributed by atoms with Gasteiger partial charge in [0.25, 0.3) is 0 Å². The fraction of sp³-hybridized carbons (Fsp3) is 0.105. The zero-order chi connectivity index (χ0) is 17.1. The molecule has 4 aromatic rings. The first-order valence-corrected chi connectivity index (χ1v) is 9.62. The fourth-order valence-electron chi connectivity index (χ4n) is 2.53. The standard InChI is InChI=1S/C19H15N3OS2/c23-17(9-10-18-22-15-3-1-2-4-16(15)25-18)21-14-7-5-13(6-8-14)19-20-11-12-24-19/h1-8,11-12H,9-10H2,(H,21,23). The van der Waals surface area contributed by atoms with Crippen molar-refractivity contribution in [3.8, 4) is 10.6 Å². The van der Waals surface area contributed by atoms with Crippen LogP contribution in [0.4, 0.5) is 5.69 Å². The number of amides is 1. The van der Waals surface area contributed by atoms with Crippen molar-refractivity contribution in [1.82, 2.24) is 9.97 Å². The normalized spacial score (nSPS) is 10.9. The molecule has 0 bridgehead atoms. The Morgan fingerprint density at radius 3 is 2.68 bits per heavy atom. The minimum atomic E-state index is 0.00116. The molecule has 0 saturated heterocycles.